The topological polar surface area (TPSA) is 61.9 Å². The maximum atomic E-state index is 11.8. The van der Waals surface area contributed by atoms with E-state index in [9.17, 15) is 9.59 Å². The van der Waals surface area contributed by atoms with E-state index in [1.54, 1.807) is 7.05 Å². The number of nitrogens with one attached hydrogen (secondary N) is 1. The van der Waals surface area contributed by atoms with Gasteiger partial charge in [-0.25, -0.2) is 0 Å². The van der Waals surface area contributed by atoms with Gasteiger partial charge in [0, 0.05) is 19.5 Å². The van der Waals surface area contributed by atoms with Gasteiger partial charge in [-0.1, -0.05) is 13.8 Å². The number of amides is 2. The van der Waals surface area contributed by atoms with Gasteiger partial charge in [0.1, 0.15) is 11.6 Å². The lowest BCUT2D eigenvalue weighted by Gasteiger charge is -2.55. The summed E-state index contributed by atoms with van der Waals surface area (Å²) in [5.41, 5.74) is -0.274. The molecule has 6 heteroatoms. The van der Waals surface area contributed by atoms with Crippen molar-refractivity contribution in [2.75, 3.05) is 40.3 Å². The van der Waals surface area contributed by atoms with Crippen LogP contribution in [0.3, 0.4) is 0 Å². The van der Waals surface area contributed by atoms with Crippen LogP contribution in [-0.4, -0.2) is 73.6 Å². The molecule has 1 N–H and O–H groups in total. The first-order valence-corrected chi connectivity index (χ1v) is 6.73. The third-order valence-electron chi connectivity index (χ3n) is 3.93. The minimum absolute atomic E-state index is 0.0215. The normalized spacial score (nSPS) is 26.4. The molecule has 0 aromatic rings. The lowest BCUT2D eigenvalue weighted by Crippen LogP contribution is -2.73. The number of nitrogens with zero attached hydrogens (tertiary/aromatic N) is 2. The Kier molecular flexibility index (Phi) is 3.82. The molecule has 0 saturated carbocycles. The van der Waals surface area contributed by atoms with E-state index in [1.807, 2.05) is 30.7 Å². The molecular weight excluding hydrogens is 246 g/mol. The number of likely N-dealkylation sites (N-methyl/N-ethyl adjacent to an activating group) is 2. The lowest BCUT2D eigenvalue weighted by molar-refractivity contribution is -0.202. The van der Waals surface area contributed by atoms with Crippen LogP contribution in [0.2, 0.25) is 0 Å². The molecule has 2 aliphatic heterocycles. The van der Waals surface area contributed by atoms with Gasteiger partial charge in [-0.15, -0.1) is 0 Å². The second kappa shape index (κ2) is 5.09. The first-order chi connectivity index (χ1) is 8.88. The van der Waals surface area contributed by atoms with E-state index in [1.165, 1.54) is 0 Å². The molecule has 0 aliphatic carbocycles. The van der Waals surface area contributed by atoms with Crippen LogP contribution in [0.5, 0.6) is 0 Å². The summed E-state index contributed by atoms with van der Waals surface area (Å²) < 4.78 is 5.87. The maximum absolute atomic E-state index is 11.8. The Morgan fingerprint density at radius 1 is 1.32 bits per heavy atom. The summed E-state index contributed by atoms with van der Waals surface area (Å²) >= 11 is 0. The highest BCUT2D eigenvalue weighted by atomic mass is 16.5. The fraction of sp³-hybridized carbons (Fsp3) is 0.846. The SMILES string of the molecule is CNC(=O)[C@@H]1COC2(CN(C(=O)C(C)C)C2)CN1C. The van der Waals surface area contributed by atoms with Gasteiger partial charge in [0.15, 0.2) is 0 Å². The Balaban J connectivity index is 1.90. The largest absolute Gasteiger partial charge is 0.368 e. The molecule has 1 spiro atoms. The van der Waals surface area contributed by atoms with Crippen molar-refractivity contribution in [1.29, 1.82) is 0 Å². The third kappa shape index (κ3) is 2.60. The number of carbonyl (C=O) groups excluding carboxylic acids is 2. The van der Waals surface area contributed by atoms with Crippen molar-refractivity contribution in [3.63, 3.8) is 0 Å². The molecule has 19 heavy (non-hydrogen) atoms. The number of hydrogen-bond donors (Lipinski definition) is 1. The molecule has 2 heterocycles. The maximum Gasteiger partial charge on any atom is 0.239 e. The van der Waals surface area contributed by atoms with Gasteiger partial charge < -0.3 is 15.0 Å². The van der Waals surface area contributed by atoms with Crippen molar-refractivity contribution in [2.45, 2.75) is 25.5 Å². The second-order valence-corrected chi connectivity index (χ2v) is 5.89. The molecule has 6 nitrogen and oxygen atoms in total. The lowest BCUT2D eigenvalue weighted by atomic mass is 9.89. The van der Waals surface area contributed by atoms with Gasteiger partial charge in [0.2, 0.25) is 11.8 Å². The quantitative estimate of drug-likeness (QED) is 0.720. The van der Waals surface area contributed by atoms with Crippen LogP contribution in [0.15, 0.2) is 0 Å². The summed E-state index contributed by atoms with van der Waals surface area (Å²) in [5.74, 6) is 0.175. The minimum Gasteiger partial charge on any atom is -0.368 e. The highest BCUT2D eigenvalue weighted by Crippen LogP contribution is 2.31. The highest BCUT2D eigenvalue weighted by molar-refractivity contribution is 5.82. The zero-order valence-electron chi connectivity index (χ0n) is 12.1. The molecule has 1 atom stereocenters. The summed E-state index contributed by atoms with van der Waals surface area (Å²) in [4.78, 5) is 27.3. The van der Waals surface area contributed by atoms with Crippen molar-refractivity contribution in [3.8, 4) is 0 Å². The van der Waals surface area contributed by atoms with Crippen molar-refractivity contribution < 1.29 is 14.3 Å². The Morgan fingerprint density at radius 2 is 1.95 bits per heavy atom. The van der Waals surface area contributed by atoms with Crippen LogP contribution in [-0.2, 0) is 14.3 Å². The highest BCUT2D eigenvalue weighted by Gasteiger charge is 2.51. The molecule has 0 unspecified atom stereocenters. The predicted octanol–water partition coefficient (Wildman–Crippen LogP) is -0.700. The molecular formula is C13H23N3O3. The van der Waals surface area contributed by atoms with Crippen LogP contribution in [0, 0.1) is 5.92 Å². The second-order valence-electron chi connectivity index (χ2n) is 5.89. The Labute approximate surface area is 114 Å². The number of rotatable bonds is 2. The number of ether oxygens (including phenoxy) is 1. The van der Waals surface area contributed by atoms with Gasteiger partial charge >= 0.3 is 0 Å². The minimum atomic E-state index is -0.274. The fourth-order valence-electron chi connectivity index (χ4n) is 2.80. The molecule has 2 fully saturated rings. The van der Waals surface area contributed by atoms with E-state index in [4.69, 9.17) is 4.74 Å². The van der Waals surface area contributed by atoms with E-state index >= 15 is 0 Å². The summed E-state index contributed by atoms with van der Waals surface area (Å²) in [5, 5.41) is 2.65. The van der Waals surface area contributed by atoms with E-state index in [0.29, 0.717) is 26.2 Å². The number of likely N-dealkylation sites (tertiary alicyclic amines) is 1. The molecule has 0 bridgehead atoms. The van der Waals surface area contributed by atoms with E-state index in [0.717, 1.165) is 0 Å². The van der Waals surface area contributed by atoms with Crippen LogP contribution in [0.4, 0.5) is 0 Å². The van der Waals surface area contributed by atoms with Crippen LogP contribution >= 0.6 is 0 Å². The third-order valence-corrected chi connectivity index (χ3v) is 3.93. The zero-order chi connectivity index (χ0) is 14.2. The molecule has 2 rings (SSSR count). The molecule has 2 saturated heterocycles. The number of morpholine rings is 1. The fourth-order valence-corrected chi connectivity index (χ4v) is 2.80. The summed E-state index contributed by atoms with van der Waals surface area (Å²) in [6.45, 7) is 6.15. The van der Waals surface area contributed by atoms with Crippen LogP contribution in [0.25, 0.3) is 0 Å². The van der Waals surface area contributed by atoms with Gasteiger partial charge in [-0.3, -0.25) is 14.5 Å². The monoisotopic (exact) mass is 269 g/mol. The Hall–Kier alpha value is -1.14. The first kappa shape index (κ1) is 14.3. The molecule has 2 aliphatic rings. The van der Waals surface area contributed by atoms with Gasteiger partial charge in [-0.2, -0.15) is 0 Å². The van der Waals surface area contributed by atoms with Crippen molar-refractivity contribution in [2.24, 2.45) is 5.92 Å². The summed E-state index contributed by atoms with van der Waals surface area (Å²) in [6, 6.07) is -0.231. The number of carbonyl (C=O) groups is 2. The molecule has 2 amide bonds. The standard InChI is InChI=1S/C13H23N3O3/c1-9(2)12(18)16-7-13(8-16)6-15(4)10(5-19-13)11(17)14-3/h9-10H,5-8H2,1-4H3,(H,14,17)/t10-/m0/s1. The van der Waals surface area contributed by atoms with Crippen LogP contribution in [0.1, 0.15) is 13.8 Å². The Morgan fingerprint density at radius 3 is 2.42 bits per heavy atom. The van der Waals surface area contributed by atoms with E-state index in [-0.39, 0.29) is 29.4 Å². The predicted molar refractivity (Wildman–Crippen MR) is 70.6 cm³/mol. The molecule has 0 radical (unpaired) electrons. The summed E-state index contributed by atoms with van der Waals surface area (Å²) in [6.07, 6.45) is 0. The summed E-state index contributed by atoms with van der Waals surface area (Å²) in [7, 11) is 3.56. The molecule has 108 valence electrons. The van der Waals surface area contributed by atoms with E-state index < -0.39 is 0 Å². The molecule has 0 aromatic heterocycles. The average molecular weight is 269 g/mol. The van der Waals surface area contributed by atoms with Crippen molar-refractivity contribution >= 4 is 11.8 Å². The van der Waals surface area contributed by atoms with Gasteiger partial charge in [0.05, 0.1) is 19.7 Å². The zero-order valence-corrected chi connectivity index (χ0v) is 12.1. The first-order valence-electron chi connectivity index (χ1n) is 6.73. The van der Waals surface area contributed by atoms with E-state index in [2.05, 4.69) is 5.32 Å². The number of hydrogen-bond acceptors (Lipinski definition) is 4. The van der Waals surface area contributed by atoms with Crippen molar-refractivity contribution in [3.05, 3.63) is 0 Å². The van der Waals surface area contributed by atoms with Gasteiger partial charge in [-0.05, 0) is 7.05 Å². The molecule has 0 aromatic carbocycles. The van der Waals surface area contributed by atoms with Crippen LogP contribution < -0.4 is 5.32 Å². The van der Waals surface area contributed by atoms with Gasteiger partial charge in [0.25, 0.3) is 0 Å². The average Bonchev–Trinajstić information content (AvgIpc) is 2.33. The van der Waals surface area contributed by atoms with Crippen molar-refractivity contribution in [1.82, 2.24) is 15.1 Å². The Bertz CT molecular complexity index is 377. The smallest absolute Gasteiger partial charge is 0.239 e.